The lowest BCUT2D eigenvalue weighted by Crippen LogP contribution is -2.19. The first kappa shape index (κ1) is 13.9. The number of halogens is 1. The lowest BCUT2D eigenvalue weighted by atomic mass is 10.2. The van der Waals surface area contributed by atoms with E-state index in [1.807, 2.05) is 0 Å². The smallest absolute Gasteiger partial charge is 0.262 e. The number of carbonyl (C=O) groups excluding carboxylic acids is 2. The summed E-state index contributed by atoms with van der Waals surface area (Å²) in [6, 6.07) is 5.25. The molecule has 1 amide bonds. The molecule has 0 atom stereocenters. The van der Waals surface area contributed by atoms with Gasteiger partial charge in [0.15, 0.2) is 5.78 Å². The molecule has 96 valence electrons. The molecule has 1 aromatic carbocycles. The monoisotopic (exact) mass is 251 g/mol. The number of anilines is 1. The molecule has 0 aromatic heterocycles. The van der Waals surface area contributed by atoms with Gasteiger partial charge in [0.05, 0.1) is 12.9 Å². The maximum Gasteiger partial charge on any atom is 0.262 e. The van der Waals surface area contributed by atoms with Crippen LogP contribution in [0.4, 0.5) is 10.1 Å². The van der Waals surface area contributed by atoms with Crippen LogP contribution in [0.1, 0.15) is 13.8 Å². The topological polar surface area (TPSA) is 55.4 Å². The van der Waals surface area contributed by atoms with Gasteiger partial charge in [-0.05, 0) is 38.1 Å². The summed E-state index contributed by atoms with van der Waals surface area (Å²) in [7, 11) is 0. The fourth-order valence-corrected chi connectivity index (χ4v) is 1.19. The highest BCUT2D eigenvalue weighted by Crippen LogP contribution is 2.10. The first-order valence-electron chi connectivity index (χ1n) is 5.44. The van der Waals surface area contributed by atoms with Crippen molar-refractivity contribution in [3.8, 4) is 0 Å². The van der Waals surface area contributed by atoms with E-state index in [-0.39, 0.29) is 5.57 Å². The van der Waals surface area contributed by atoms with Gasteiger partial charge in [0.1, 0.15) is 11.4 Å². The highest BCUT2D eigenvalue weighted by Gasteiger charge is 2.15. The number of benzene rings is 1. The van der Waals surface area contributed by atoms with Crippen LogP contribution in [-0.4, -0.2) is 18.3 Å². The Labute approximate surface area is 104 Å². The molecule has 4 nitrogen and oxygen atoms in total. The molecule has 0 spiro atoms. The predicted octanol–water partition coefficient (Wildman–Crippen LogP) is 2.27. The second-order valence-corrected chi connectivity index (χ2v) is 3.50. The Morgan fingerprint density at radius 2 is 1.94 bits per heavy atom. The minimum atomic E-state index is -0.581. The third-order valence-electron chi connectivity index (χ3n) is 2.09. The summed E-state index contributed by atoms with van der Waals surface area (Å²) >= 11 is 0. The molecule has 1 aromatic rings. The molecule has 1 N–H and O–H groups in total. The van der Waals surface area contributed by atoms with E-state index in [2.05, 4.69) is 5.32 Å². The second kappa shape index (κ2) is 6.54. The third kappa shape index (κ3) is 4.01. The van der Waals surface area contributed by atoms with Gasteiger partial charge in [-0.25, -0.2) is 4.39 Å². The lowest BCUT2D eigenvalue weighted by Gasteiger charge is -2.06. The average molecular weight is 251 g/mol. The Morgan fingerprint density at radius 1 is 1.33 bits per heavy atom. The van der Waals surface area contributed by atoms with Crippen molar-refractivity contribution in [3.63, 3.8) is 0 Å². The number of nitrogens with one attached hydrogen (secondary N) is 1. The van der Waals surface area contributed by atoms with Crippen molar-refractivity contribution < 1.29 is 18.7 Å². The van der Waals surface area contributed by atoms with Gasteiger partial charge in [0.2, 0.25) is 0 Å². The fourth-order valence-electron chi connectivity index (χ4n) is 1.19. The number of rotatable bonds is 5. The van der Waals surface area contributed by atoms with Crippen molar-refractivity contribution >= 4 is 17.4 Å². The van der Waals surface area contributed by atoms with Crippen LogP contribution in [0.3, 0.4) is 0 Å². The van der Waals surface area contributed by atoms with Crippen LogP contribution < -0.4 is 5.32 Å². The first-order valence-corrected chi connectivity index (χ1v) is 5.44. The number of carbonyl (C=O) groups is 2. The zero-order chi connectivity index (χ0) is 13.5. The lowest BCUT2D eigenvalue weighted by molar-refractivity contribution is -0.119. The highest BCUT2D eigenvalue weighted by molar-refractivity contribution is 6.22. The Bertz CT molecular complexity index is 466. The van der Waals surface area contributed by atoms with Gasteiger partial charge in [-0.3, -0.25) is 9.59 Å². The van der Waals surface area contributed by atoms with E-state index in [1.54, 1.807) is 6.92 Å². The summed E-state index contributed by atoms with van der Waals surface area (Å²) < 4.78 is 17.6. The number of hydrogen-bond acceptors (Lipinski definition) is 3. The maximum atomic E-state index is 12.7. The summed E-state index contributed by atoms with van der Waals surface area (Å²) in [5, 5.41) is 2.48. The van der Waals surface area contributed by atoms with E-state index in [4.69, 9.17) is 4.74 Å². The summed E-state index contributed by atoms with van der Waals surface area (Å²) in [4.78, 5) is 23.0. The molecule has 0 aliphatic rings. The number of ketones is 1. The summed E-state index contributed by atoms with van der Waals surface area (Å²) in [5.41, 5.74) is 0.325. The SMILES string of the molecule is CCOC=C(C(C)=O)C(=O)Nc1ccc(F)cc1. The zero-order valence-electron chi connectivity index (χ0n) is 10.2. The van der Waals surface area contributed by atoms with Gasteiger partial charge in [-0.1, -0.05) is 0 Å². The average Bonchev–Trinajstić information content (AvgIpc) is 2.32. The standard InChI is InChI=1S/C13H14FNO3/c1-3-18-8-12(9(2)16)13(17)15-11-6-4-10(14)5-7-11/h4-8H,3H2,1-2H3,(H,15,17). The van der Waals surface area contributed by atoms with Gasteiger partial charge in [-0.15, -0.1) is 0 Å². The second-order valence-electron chi connectivity index (χ2n) is 3.50. The van der Waals surface area contributed by atoms with Gasteiger partial charge < -0.3 is 10.1 Å². The Kier molecular flexibility index (Phi) is 5.05. The molecule has 5 heteroatoms. The van der Waals surface area contributed by atoms with E-state index in [0.29, 0.717) is 12.3 Å². The van der Waals surface area contributed by atoms with Crippen LogP contribution in [-0.2, 0) is 14.3 Å². The van der Waals surface area contributed by atoms with Gasteiger partial charge in [0.25, 0.3) is 5.91 Å². The van der Waals surface area contributed by atoms with E-state index < -0.39 is 17.5 Å². The summed E-state index contributed by atoms with van der Waals surface area (Å²) in [5.74, 6) is -1.38. The summed E-state index contributed by atoms with van der Waals surface area (Å²) in [6.45, 7) is 3.38. The van der Waals surface area contributed by atoms with Crippen molar-refractivity contribution in [2.75, 3.05) is 11.9 Å². The van der Waals surface area contributed by atoms with Crippen LogP contribution in [0.2, 0.25) is 0 Å². The molecule has 0 saturated carbocycles. The molecule has 0 aliphatic heterocycles. The fraction of sp³-hybridized carbons (Fsp3) is 0.231. The van der Waals surface area contributed by atoms with Gasteiger partial charge in [-0.2, -0.15) is 0 Å². The van der Waals surface area contributed by atoms with Crippen LogP contribution in [0.5, 0.6) is 0 Å². The number of hydrogen-bond donors (Lipinski definition) is 1. The summed E-state index contributed by atoms with van der Waals surface area (Å²) in [6.07, 6.45) is 1.13. The van der Waals surface area contributed by atoms with Crippen molar-refractivity contribution in [3.05, 3.63) is 41.9 Å². The molecule has 18 heavy (non-hydrogen) atoms. The Hall–Kier alpha value is -2.17. The van der Waals surface area contributed by atoms with Crippen molar-refractivity contribution in [2.45, 2.75) is 13.8 Å². The number of ether oxygens (including phenoxy) is 1. The zero-order valence-corrected chi connectivity index (χ0v) is 10.2. The molecule has 1 rings (SSSR count). The maximum absolute atomic E-state index is 12.7. The third-order valence-corrected chi connectivity index (χ3v) is 2.09. The van der Waals surface area contributed by atoms with E-state index in [1.165, 1.54) is 31.2 Å². The molecular weight excluding hydrogens is 237 g/mol. The van der Waals surface area contributed by atoms with Crippen LogP contribution in [0, 0.1) is 5.82 Å². The number of amides is 1. The van der Waals surface area contributed by atoms with Gasteiger partial charge in [0, 0.05) is 5.69 Å². The van der Waals surface area contributed by atoms with E-state index in [9.17, 15) is 14.0 Å². The quantitative estimate of drug-likeness (QED) is 0.378. The van der Waals surface area contributed by atoms with Crippen molar-refractivity contribution in [1.29, 1.82) is 0 Å². The predicted molar refractivity (Wildman–Crippen MR) is 65.4 cm³/mol. The molecule has 0 unspecified atom stereocenters. The minimum absolute atomic E-state index is 0.0822. The molecule has 0 heterocycles. The van der Waals surface area contributed by atoms with Crippen LogP contribution >= 0.6 is 0 Å². The number of Topliss-reactive ketones (excluding diaryl/α,β-unsaturated/α-hetero) is 1. The first-order chi connectivity index (χ1) is 8.54. The Balaban J connectivity index is 2.79. The molecule has 0 bridgehead atoms. The Morgan fingerprint density at radius 3 is 2.44 bits per heavy atom. The highest BCUT2D eigenvalue weighted by atomic mass is 19.1. The molecule has 0 radical (unpaired) electrons. The van der Waals surface area contributed by atoms with Gasteiger partial charge >= 0.3 is 0 Å². The van der Waals surface area contributed by atoms with Crippen molar-refractivity contribution in [1.82, 2.24) is 0 Å². The van der Waals surface area contributed by atoms with Crippen LogP contribution in [0.25, 0.3) is 0 Å². The van der Waals surface area contributed by atoms with Crippen molar-refractivity contribution in [2.24, 2.45) is 0 Å². The molecular formula is C13H14FNO3. The molecule has 0 fully saturated rings. The van der Waals surface area contributed by atoms with E-state index in [0.717, 1.165) is 6.26 Å². The normalized spacial score (nSPS) is 10.9. The van der Waals surface area contributed by atoms with E-state index >= 15 is 0 Å². The molecule has 0 aliphatic carbocycles. The largest absolute Gasteiger partial charge is 0.501 e. The van der Waals surface area contributed by atoms with Crippen LogP contribution in [0.15, 0.2) is 36.1 Å². The molecule has 0 saturated heterocycles. The minimum Gasteiger partial charge on any atom is -0.501 e.